The van der Waals surface area contributed by atoms with Crippen molar-refractivity contribution in [2.24, 2.45) is 5.92 Å². The van der Waals surface area contributed by atoms with Gasteiger partial charge in [-0.2, -0.15) is 0 Å². The molecule has 1 aromatic heterocycles. The van der Waals surface area contributed by atoms with Crippen LogP contribution in [0.1, 0.15) is 37.3 Å². The summed E-state index contributed by atoms with van der Waals surface area (Å²) in [6, 6.07) is 8.70. The largest absolute Gasteiger partial charge is 0.481 e. The summed E-state index contributed by atoms with van der Waals surface area (Å²) >= 11 is 0. The van der Waals surface area contributed by atoms with Crippen LogP contribution >= 0.6 is 0 Å². The molecule has 0 atom stereocenters. The number of nitrogens with zero attached hydrogens (tertiary/aromatic N) is 2. The fourth-order valence-corrected chi connectivity index (χ4v) is 3.22. The lowest BCUT2D eigenvalue weighted by molar-refractivity contribution is -0.143. The first-order valence-electron chi connectivity index (χ1n) is 7.48. The predicted molar refractivity (Wildman–Crippen MR) is 81.0 cm³/mol. The van der Waals surface area contributed by atoms with Gasteiger partial charge in [0.1, 0.15) is 5.82 Å². The predicted octanol–water partition coefficient (Wildman–Crippen LogP) is 3.67. The summed E-state index contributed by atoms with van der Waals surface area (Å²) in [4.78, 5) is 15.6. The third-order valence-corrected chi connectivity index (χ3v) is 4.38. The van der Waals surface area contributed by atoms with Crippen molar-refractivity contribution in [3.05, 3.63) is 42.2 Å². The highest BCUT2D eigenvalue weighted by Gasteiger charge is 2.27. The van der Waals surface area contributed by atoms with E-state index in [1.54, 1.807) is 0 Å². The fourth-order valence-electron chi connectivity index (χ4n) is 3.22. The third-order valence-electron chi connectivity index (χ3n) is 4.38. The summed E-state index contributed by atoms with van der Waals surface area (Å²) in [6.45, 7) is 2.08. The number of carboxylic acid groups (broad SMARTS) is 1. The number of carbonyl (C=O) groups is 1. The number of aryl methyl sites for hydroxylation is 1. The number of rotatable bonds is 3. The number of carboxylic acids is 1. The maximum atomic E-state index is 11.1. The molecule has 1 fully saturated rings. The SMILES string of the molecule is Cc1cccc(-c2nccn2C2CCC(C(=O)O)CC2)c1. The number of aromatic nitrogens is 2. The van der Waals surface area contributed by atoms with E-state index in [9.17, 15) is 4.79 Å². The minimum absolute atomic E-state index is 0.174. The van der Waals surface area contributed by atoms with Gasteiger partial charge in [0, 0.05) is 24.0 Å². The van der Waals surface area contributed by atoms with Crippen LogP contribution in [0, 0.1) is 12.8 Å². The van der Waals surface area contributed by atoms with Crippen molar-refractivity contribution in [1.82, 2.24) is 9.55 Å². The van der Waals surface area contributed by atoms with E-state index in [4.69, 9.17) is 5.11 Å². The van der Waals surface area contributed by atoms with Crippen molar-refractivity contribution in [2.75, 3.05) is 0 Å². The lowest BCUT2D eigenvalue weighted by Gasteiger charge is -2.28. The summed E-state index contributed by atoms with van der Waals surface area (Å²) < 4.78 is 2.22. The average Bonchev–Trinajstić information content (AvgIpc) is 2.97. The monoisotopic (exact) mass is 284 g/mol. The lowest BCUT2D eigenvalue weighted by atomic mass is 9.86. The van der Waals surface area contributed by atoms with E-state index in [0.717, 1.165) is 37.1 Å². The second-order valence-corrected chi connectivity index (χ2v) is 5.87. The van der Waals surface area contributed by atoms with Crippen LogP contribution in [0.3, 0.4) is 0 Å². The molecule has 0 bridgehead atoms. The Balaban J connectivity index is 1.82. The standard InChI is InChI=1S/C17H20N2O2/c1-12-3-2-4-14(11-12)16-18-9-10-19(16)15-7-5-13(6-8-15)17(20)21/h2-4,9-11,13,15H,5-8H2,1H3,(H,20,21). The molecular formula is C17H20N2O2. The molecular weight excluding hydrogens is 264 g/mol. The van der Waals surface area contributed by atoms with E-state index in [0.29, 0.717) is 6.04 Å². The maximum Gasteiger partial charge on any atom is 0.306 e. The normalized spacial score (nSPS) is 22.1. The van der Waals surface area contributed by atoms with Crippen molar-refractivity contribution < 1.29 is 9.90 Å². The number of hydrogen-bond donors (Lipinski definition) is 1. The molecule has 0 amide bonds. The molecule has 1 aromatic carbocycles. The number of hydrogen-bond acceptors (Lipinski definition) is 2. The van der Waals surface area contributed by atoms with Crippen LogP contribution in [0.2, 0.25) is 0 Å². The Morgan fingerprint density at radius 3 is 2.71 bits per heavy atom. The van der Waals surface area contributed by atoms with Gasteiger partial charge < -0.3 is 9.67 Å². The van der Waals surface area contributed by atoms with Crippen LogP contribution < -0.4 is 0 Å². The minimum atomic E-state index is -0.655. The zero-order valence-electron chi connectivity index (χ0n) is 12.2. The highest BCUT2D eigenvalue weighted by Crippen LogP contribution is 2.34. The number of benzene rings is 1. The van der Waals surface area contributed by atoms with E-state index in [1.165, 1.54) is 5.56 Å². The Morgan fingerprint density at radius 2 is 2.05 bits per heavy atom. The first-order valence-corrected chi connectivity index (χ1v) is 7.48. The Hall–Kier alpha value is -2.10. The molecule has 1 heterocycles. The van der Waals surface area contributed by atoms with Gasteiger partial charge in [0.2, 0.25) is 0 Å². The minimum Gasteiger partial charge on any atom is -0.481 e. The molecule has 0 saturated heterocycles. The molecule has 0 radical (unpaired) electrons. The zero-order valence-corrected chi connectivity index (χ0v) is 12.2. The fraction of sp³-hybridized carbons (Fsp3) is 0.412. The molecule has 3 rings (SSSR count). The van der Waals surface area contributed by atoms with Gasteiger partial charge >= 0.3 is 5.97 Å². The van der Waals surface area contributed by atoms with E-state index in [-0.39, 0.29) is 5.92 Å². The molecule has 4 heteroatoms. The molecule has 0 unspecified atom stereocenters. The van der Waals surface area contributed by atoms with Crippen LogP contribution in [0.25, 0.3) is 11.4 Å². The van der Waals surface area contributed by atoms with Crippen molar-refractivity contribution in [2.45, 2.75) is 38.6 Å². The Bertz CT molecular complexity index is 640. The summed E-state index contributed by atoms with van der Waals surface area (Å²) in [5.41, 5.74) is 2.34. The molecule has 0 aliphatic heterocycles. The molecule has 1 saturated carbocycles. The van der Waals surface area contributed by atoms with Gasteiger partial charge in [-0.3, -0.25) is 4.79 Å². The van der Waals surface area contributed by atoms with Gasteiger partial charge in [-0.25, -0.2) is 4.98 Å². The number of imidazole rings is 1. The smallest absolute Gasteiger partial charge is 0.306 e. The topological polar surface area (TPSA) is 55.1 Å². The summed E-state index contributed by atoms with van der Waals surface area (Å²) in [5, 5.41) is 9.10. The second-order valence-electron chi connectivity index (χ2n) is 5.87. The molecule has 2 aromatic rings. The maximum absolute atomic E-state index is 11.1. The molecule has 21 heavy (non-hydrogen) atoms. The van der Waals surface area contributed by atoms with Crippen LogP contribution in [-0.2, 0) is 4.79 Å². The Kier molecular flexibility index (Phi) is 3.78. The zero-order chi connectivity index (χ0) is 14.8. The van der Waals surface area contributed by atoms with Crippen molar-refractivity contribution in [3.8, 4) is 11.4 Å². The Morgan fingerprint density at radius 1 is 1.29 bits per heavy atom. The second kappa shape index (κ2) is 5.72. The van der Waals surface area contributed by atoms with Gasteiger partial charge in [-0.05, 0) is 38.7 Å². The van der Waals surface area contributed by atoms with Gasteiger partial charge in [-0.15, -0.1) is 0 Å². The van der Waals surface area contributed by atoms with Crippen LogP contribution in [0.4, 0.5) is 0 Å². The van der Waals surface area contributed by atoms with E-state index >= 15 is 0 Å². The lowest BCUT2D eigenvalue weighted by Crippen LogP contribution is -2.23. The molecule has 4 nitrogen and oxygen atoms in total. The molecule has 1 N–H and O–H groups in total. The molecule has 0 spiro atoms. The third kappa shape index (κ3) is 2.84. The summed E-state index contributed by atoms with van der Waals surface area (Å²) in [7, 11) is 0. The summed E-state index contributed by atoms with van der Waals surface area (Å²) in [6.07, 6.45) is 7.18. The quantitative estimate of drug-likeness (QED) is 0.935. The first kappa shape index (κ1) is 13.9. The van der Waals surface area contributed by atoms with Crippen LogP contribution in [-0.4, -0.2) is 20.6 Å². The molecule has 1 aliphatic rings. The van der Waals surface area contributed by atoms with Crippen molar-refractivity contribution >= 4 is 5.97 Å². The number of aliphatic carboxylic acids is 1. The van der Waals surface area contributed by atoms with E-state index in [2.05, 4.69) is 34.7 Å². The highest BCUT2D eigenvalue weighted by molar-refractivity contribution is 5.70. The van der Waals surface area contributed by atoms with Gasteiger partial charge in [-0.1, -0.05) is 23.8 Å². The van der Waals surface area contributed by atoms with Gasteiger partial charge in [0.15, 0.2) is 0 Å². The van der Waals surface area contributed by atoms with Gasteiger partial charge in [0.05, 0.1) is 5.92 Å². The molecule has 1 aliphatic carbocycles. The average molecular weight is 284 g/mol. The molecule has 110 valence electrons. The van der Waals surface area contributed by atoms with Crippen LogP contribution in [0.5, 0.6) is 0 Å². The Labute approximate surface area is 124 Å². The van der Waals surface area contributed by atoms with Crippen molar-refractivity contribution in [3.63, 3.8) is 0 Å². The van der Waals surface area contributed by atoms with Crippen molar-refractivity contribution in [1.29, 1.82) is 0 Å². The van der Waals surface area contributed by atoms with E-state index < -0.39 is 5.97 Å². The first-order chi connectivity index (χ1) is 10.1. The van der Waals surface area contributed by atoms with Crippen LogP contribution in [0.15, 0.2) is 36.7 Å². The van der Waals surface area contributed by atoms with E-state index in [1.807, 2.05) is 18.5 Å². The van der Waals surface area contributed by atoms with Gasteiger partial charge in [0.25, 0.3) is 0 Å². The summed E-state index contributed by atoms with van der Waals surface area (Å²) in [5.74, 6) is 0.155. The highest BCUT2D eigenvalue weighted by atomic mass is 16.4.